The predicted octanol–water partition coefficient (Wildman–Crippen LogP) is 0.310. The first-order valence-corrected chi connectivity index (χ1v) is 8.60. The van der Waals surface area contributed by atoms with Gasteiger partial charge in [0.25, 0.3) is 5.56 Å². The number of ether oxygens (including phenoxy) is 1. The molecule has 1 aromatic rings. The number of nitrogens with one attached hydrogen (secondary N) is 1. The molecule has 9 nitrogen and oxygen atoms in total. The highest BCUT2D eigenvalue weighted by atomic mass is 31.2. The van der Waals surface area contributed by atoms with Crippen molar-refractivity contribution in [2.75, 3.05) is 32.6 Å². The predicted molar refractivity (Wildman–Crippen MR) is 79.1 cm³/mol. The van der Waals surface area contributed by atoms with Gasteiger partial charge in [-0.25, -0.2) is 4.79 Å². The second-order valence-corrected chi connectivity index (χ2v) is 6.30. The van der Waals surface area contributed by atoms with Crippen molar-refractivity contribution in [3.63, 3.8) is 0 Å². The number of hydrogen-bond donors (Lipinski definition) is 2. The summed E-state index contributed by atoms with van der Waals surface area (Å²) in [6.07, 6.45) is 0.00642. The Morgan fingerprint density at radius 1 is 1.32 bits per heavy atom. The van der Waals surface area contributed by atoms with E-state index in [9.17, 15) is 14.2 Å². The number of H-pyrrole nitrogens is 1. The number of hydrogen-bond acceptors (Lipinski definition) is 7. The minimum atomic E-state index is -3.47. The summed E-state index contributed by atoms with van der Waals surface area (Å²) in [7, 11) is -3.47. The fourth-order valence-corrected chi connectivity index (χ4v) is 3.53. The molecule has 0 aliphatic rings. The maximum absolute atomic E-state index is 12.6. The third kappa shape index (κ3) is 5.51. The second kappa shape index (κ2) is 9.02. The lowest BCUT2D eigenvalue weighted by molar-refractivity contribution is -0.00745. The highest BCUT2D eigenvalue weighted by Crippen LogP contribution is 2.50. The largest absolute Gasteiger partial charge is 0.394 e. The summed E-state index contributed by atoms with van der Waals surface area (Å²) in [5.74, 6) is 0. The Morgan fingerprint density at radius 3 is 2.45 bits per heavy atom. The minimum Gasteiger partial charge on any atom is -0.394 e. The second-order valence-electron chi connectivity index (χ2n) is 4.20. The maximum atomic E-state index is 12.6. The van der Waals surface area contributed by atoms with Crippen LogP contribution in [0.1, 0.15) is 20.1 Å². The zero-order chi connectivity index (χ0) is 16.6. The quantitative estimate of drug-likeness (QED) is 0.590. The third-order valence-corrected chi connectivity index (χ3v) is 4.66. The van der Waals surface area contributed by atoms with Gasteiger partial charge in [0.2, 0.25) is 0 Å². The van der Waals surface area contributed by atoms with Gasteiger partial charge in [0.1, 0.15) is 6.23 Å². The van der Waals surface area contributed by atoms with E-state index in [1.807, 2.05) is 0 Å². The van der Waals surface area contributed by atoms with E-state index in [0.29, 0.717) is 0 Å². The molecule has 0 bridgehead atoms. The summed E-state index contributed by atoms with van der Waals surface area (Å²) in [5.41, 5.74) is -1.27. The molecule has 2 N–H and O–H groups in total. The molecule has 0 spiro atoms. The first-order valence-electron chi connectivity index (χ1n) is 6.87. The van der Waals surface area contributed by atoms with E-state index in [4.69, 9.17) is 18.9 Å². The molecule has 0 radical (unpaired) electrons. The van der Waals surface area contributed by atoms with Crippen molar-refractivity contribution in [2.24, 2.45) is 0 Å². The number of rotatable bonds is 10. The molecule has 1 rings (SSSR count). The van der Waals surface area contributed by atoms with Crippen LogP contribution in [0, 0.1) is 0 Å². The highest BCUT2D eigenvalue weighted by molar-refractivity contribution is 7.53. The van der Waals surface area contributed by atoms with Crippen LogP contribution in [0.5, 0.6) is 0 Å². The third-order valence-electron chi connectivity index (χ3n) is 2.59. The Bertz CT molecular complexity index is 602. The first-order chi connectivity index (χ1) is 10.5. The SMILES string of the molecule is CCOP(=O)(C[C@@H](OCCO)n1ccc(=O)[nH]c1=O)OCC. The van der Waals surface area contributed by atoms with Crippen LogP contribution < -0.4 is 11.2 Å². The van der Waals surface area contributed by atoms with E-state index >= 15 is 0 Å². The van der Waals surface area contributed by atoms with Gasteiger partial charge in [-0.05, 0) is 13.8 Å². The minimum absolute atomic E-state index is 0.0749. The molecule has 0 aliphatic carbocycles. The molecule has 1 heterocycles. The molecule has 22 heavy (non-hydrogen) atoms. The van der Waals surface area contributed by atoms with Gasteiger partial charge < -0.3 is 18.9 Å². The molecule has 1 aromatic heterocycles. The van der Waals surface area contributed by atoms with Crippen molar-refractivity contribution < 1.29 is 23.5 Å². The molecule has 0 saturated heterocycles. The number of nitrogens with zero attached hydrogens (tertiary/aromatic N) is 1. The molecule has 126 valence electrons. The van der Waals surface area contributed by atoms with Gasteiger partial charge in [0, 0.05) is 12.3 Å². The van der Waals surface area contributed by atoms with E-state index in [0.717, 1.165) is 10.6 Å². The number of aromatic nitrogens is 2. The standard InChI is InChI=1S/C12H21N2O7P/c1-3-20-22(18,21-4-2)9-11(19-8-7-15)14-6-5-10(16)13-12(14)17/h5-6,11,15H,3-4,7-9H2,1-2H3,(H,13,16,17)/t11-/m1/s1. The van der Waals surface area contributed by atoms with E-state index in [2.05, 4.69) is 4.98 Å². The van der Waals surface area contributed by atoms with E-state index in [1.54, 1.807) is 13.8 Å². The van der Waals surface area contributed by atoms with Crippen LogP contribution in [-0.4, -0.2) is 47.2 Å². The topological polar surface area (TPSA) is 120 Å². The van der Waals surface area contributed by atoms with Gasteiger partial charge in [-0.3, -0.25) is 18.9 Å². The average Bonchev–Trinajstić information content (AvgIpc) is 2.44. The van der Waals surface area contributed by atoms with Gasteiger partial charge in [-0.2, -0.15) is 0 Å². The molecule has 0 fully saturated rings. The molecule has 0 saturated carbocycles. The number of aliphatic hydroxyl groups is 1. The molecule has 0 aromatic carbocycles. The maximum Gasteiger partial charge on any atom is 0.335 e. The van der Waals surface area contributed by atoms with E-state index < -0.39 is 25.1 Å². The van der Waals surface area contributed by atoms with Crippen molar-refractivity contribution in [3.8, 4) is 0 Å². The monoisotopic (exact) mass is 336 g/mol. The van der Waals surface area contributed by atoms with Crippen LogP contribution in [0.15, 0.2) is 21.9 Å². The smallest absolute Gasteiger partial charge is 0.335 e. The zero-order valence-corrected chi connectivity index (χ0v) is 13.5. The Kier molecular flexibility index (Phi) is 7.70. The van der Waals surface area contributed by atoms with Crippen LogP contribution in [-0.2, 0) is 18.3 Å². The summed E-state index contributed by atoms with van der Waals surface area (Å²) in [5, 5.41) is 8.88. The van der Waals surface area contributed by atoms with Crippen LogP contribution in [0.25, 0.3) is 0 Å². The summed E-state index contributed by atoms with van der Waals surface area (Å²) in [4.78, 5) is 25.0. The zero-order valence-electron chi connectivity index (χ0n) is 12.6. The van der Waals surface area contributed by atoms with Gasteiger partial charge >= 0.3 is 13.3 Å². The molecule has 1 atom stereocenters. The van der Waals surface area contributed by atoms with Gasteiger partial charge in [0.05, 0.1) is 32.6 Å². The Hall–Kier alpha value is -1.25. The lowest BCUT2D eigenvalue weighted by Gasteiger charge is -2.24. The summed E-state index contributed by atoms with van der Waals surface area (Å²) < 4.78 is 29.3. The number of aromatic amines is 1. The fourth-order valence-electron chi connectivity index (χ4n) is 1.79. The Balaban J connectivity index is 3.08. The first kappa shape index (κ1) is 18.8. The van der Waals surface area contributed by atoms with Gasteiger partial charge in [0.15, 0.2) is 0 Å². The van der Waals surface area contributed by atoms with Crippen molar-refractivity contribution >= 4 is 7.60 Å². The van der Waals surface area contributed by atoms with Crippen molar-refractivity contribution in [3.05, 3.63) is 33.1 Å². The van der Waals surface area contributed by atoms with Crippen molar-refractivity contribution in [1.82, 2.24) is 9.55 Å². The summed E-state index contributed by atoms with van der Waals surface area (Å²) >= 11 is 0. The van der Waals surface area contributed by atoms with Crippen LogP contribution >= 0.6 is 7.60 Å². The van der Waals surface area contributed by atoms with Crippen LogP contribution in [0.2, 0.25) is 0 Å². The van der Waals surface area contributed by atoms with E-state index in [1.165, 1.54) is 6.20 Å². The molecular weight excluding hydrogens is 315 g/mol. The summed E-state index contributed by atoms with van der Waals surface area (Å²) in [6, 6.07) is 1.14. The van der Waals surface area contributed by atoms with Crippen molar-refractivity contribution in [1.29, 1.82) is 0 Å². The molecule has 0 unspecified atom stereocenters. The van der Waals surface area contributed by atoms with Crippen LogP contribution in [0.3, 0.4) is 0 Å². The molecule has 0 aliphatic heterocycles. The fraction of sp³-hybridized carbons (Fsp3) is 0.667. The van der Waals surface area contributed by atoms with Crippen molar-refractivity contribution in [2.45, 2.75) is 20.1 Å². The Labute approximate surface area is 127 Å². The molecular formula is C12H21N2O7P. The van der Waals surface area contributed by atoms with Gasteiger partial charge in [-0.1, -0.05) is 0 Å². The molecule has 0 amide bonds. The lowest BCUT2D eigenvalue weighted by Crippen LogP contribution is -2.34. The van der Waals surface area contributed by atoms with Gasteiger partial charge in [-0.15, -0.1) is 0 Å². The normalized spacial score (nSPS) is 13.2. The summed E-state index contributed by atoms with van der Waals surface area (Å²) in [6.45, 7) is 3.33. The lowest BCUT2D eigenvalue weighted by atomic mass is 10.5. The van der Waals surface area contributed by atoms with E-state index in [-0.39, 0.29) is 32.6 Å². The average molecular weight is 336 g/mol. The van der Waals surface area contributed by atoms with Crippen LogP contribution in [0.4, 0.5) is 0 Å². The Morgan fingerprint density at radius 2 is 1.95 bits per heavy atom. The molecule has 10 heteroatoms. The highest BCUT2D eigenvalue weighted by Gasteiger charge is 2.30. The number of aliphatic hydroxyl groups excluding tert-OH is 1.